The van der Waals surface area contributed by atoms with Gasteiger partial charge in [0, 0.05) is 16.7 Å². The van der Waals surface area contributed by atoms with Gasteiger partial charge in [-0.1, -0.05) is 46.3 Å². The summed E-state index contributed by atoms with van der Waals surface area (Å²) < 4.78 is 14.1. The van der Waals surface area contributed by atoms with Crippen molar-refractivity contribution in [1.82, 2.24) is 9.78 Å². The second-order valence-electron chi connectivity index (χ2n) is 5.42. The van der Waals surface area contributed by atoms with E-state index in [1.165, 1.54) is 0 Å². The van der Waals surface area contributed by atoms with Crippen LogP contribution in [0.1, 0.15) is 11.1 Å². The molecule has 0 atom stereocenters. The Bertz CT molecular complexity index is 787. The molecule has 0 spiro atoms. The van der Waals surface area contributed by atoms with Gasteiger partial charge in [0.25, 0.3) is 0 Å². The van der Waals surface area contributed by atoms with Gasteiger partial charge in [-0.05, 0) is 36.2 Å². The lowest BCUT2D eigenvalue weighted by Crippen LogP contribution is -2.07. The van der Waals surface area contributed by atoms with Crippen molar-refractivity contribution < 1.29 is 9.47 Å². The predicted octanol–water partition coefficient (Wildman–Crippen LogP) is 4.54. The fourth-order valence-corrected chi connectivity index (χ4v) is 2.84. The highest BCUT2D eigenvalue weighted by atomic mass is 79.9. The molecule has 0 saturated heterocycles. The number of hydrogen-bond donors (Lipinski definition) is 0. The van der Waals surface area contributed by atoms with Crippen LogP contribution in [0.5, 0.6) is 5.88 Å². The lowest BCUT2D eigenvalue weighted by molar-refractivity contribution is 0.0873. The summed E-state index contributed by atoms with van der Waals surface area (Å²) >= 11 is 3.47. The highest BCUT2D eigenvalue weighted by Crippen LogP contribution is 2.20. The molecule has 0 aliphatic carbocycles. The molecule has 0 aliphatic heterocycles. The zero-order chi connectivity index (χ0) is 16.8. The SMILES string of the molecule is Cc1cc(Br)ccc1-n1ccc(OCCOCc2ccccc2)n1. The quantitative estimate of drug-likeness (QED) is 0.559. The Morgan fingerprint density at radius 1 is 1.04 bits per heavy atom. The number of aromatic nitrogens is 2. The first-order valence-corrected chi connectivity index (χ1v) is 8.58. The molecule has 0 bridgehead atoms. The summed E-state index contributed by atoms with van der Waals surface area (Å²) in [4.78, 5) is 0. The molecule has 0 N–H and O–H groups in total. The Kier molecular flexibility index (Phi) is 5.67. The minimum atomic E-state index is 0.475. The van der Waals surface area contributed by atoms with Crippen LogP contribution < -0.4 is 4.74 Å². The molecular formula is C19H19BrN2O2. The summed E-state index contributed by atoms with van der Waals surface area (Å²) in [5.74, 6) is 0.598. The summed E-state index contributed by atoms with van der Waals surface area (Å²) in [6.45, 7) is 3.65. The van der Waals surface area contributed by atoms with Crippen molar-refractivity contribution in [3.8, 4) is 11.6 Å². The Labute approximate surface area is 150 Å². The summed E-state index contributed by atoms with van der Waals surface area (Å²) in [6.07, 6.45) is 1.90. The van der Waals surface area contributed by atoms with E-state index in [1.54, 1.807) is 0 Å². The minimum absolute atomic E-state index is 0.475. The van der Waals surface area contributed by atoms with Gasteiger partial charge < -0.3 is 9.47 Å². The van der Waals surface area contributed by atoms with E-state index in [1.807, 2.05) is 59.4 Å². The fourth-order valence-electron chi connectivity index (χ4n) is 2.36. The maximum absolute atomic E-state index is 5.64. The average Bonchev–Trinajstić information content (AvgIpc) is 3.04. The molecular weight excluding hydrogens is 368 g/mol. The van der Waals surface area contributed by atoms with E-state index in [0.717, 1.165) is 21.3 Å². The Morgan fingerprint density at radius 3 is 2.67 bits per heavy atom. The molecule has 1 aromatic heterocycles. The van der Waals surface area contributed by atoms with Gasteiger partial charge in [0.05, 0.1) is 18.9 Å². The van der Waals surface area contributed by atoms with Gasteiger partial charge in [-0.2, -0.15) is 0 Å². The second kappa shape index (κ2) is 8.13. The first-order valence-electron chi connectivity index (χ1n) is 7.79. The van der Waals surface area contributed by atoms with E-state index in [-0.39, 0.29) is 0 Å². The average molecular weight is 387 g/mol. The van der Waals surface area contributed by atoms with E-state index in [4.69, 9.17) is 9.47 Å². The first kappa shape index (κ1) is 16.7. The third-order valence-electron chi connectivity index (χ3n) is 3.56. The van der Waals surface area contributed by atoms with Crippen molar-refractivity contribution in [2.75, 3.05) is 13.2 Å². The normalized spacial score (nSPS) is 10.8. The lowest BCUT2D eigenvalue weighted by Gasteiger charge is -2.07. The Balaban J connectivity index is 1.48. The number of aryl methyl sites for hydroxylation is 1. The molecule has 0 unspecified atom stereocenters. The van der Waals surface area contributed by atoms with Crippen LogP contribution >= 0.6 is 15.9 Å². The Hall–Kier alpha value is -2.11. The predicted molar refractivity (Wildman–Crippen MR) is 97.6 cm³/mol. The van der Waals surface area contributed by atoms with Crippen LogP contribution in [0.2, 0.25) is 0 Å². The number of ether oxygens (including phenoxy) is 2. The van der Waals surface area contributed by atoms with Gasteiger partial charge in [-0.25, -0.2) is 4.68 Å². The fraction of sp³-hybridized carbons (Fsp3) is 0.211. The van der Waals surface area contributed by atoms with E-state index < -0.39 is 0 Å². The number of hydrogen-bond acceptors (Lipinski definition) is 3. The summed E-state index contributed by atoms with van der Waals surface area (Å²) in [7, 11) is 0. The van der Waals surface area contributed by atoms with Crippen LogP contribution in [0, 0.1) is 6.92 Å². The van der Waals surface area contributed by atoms with Crippen LogP contribution in [0.25, 0.3) is 5.69 Å². The van der Waals surface area contributed by atoms with Crippen molar-refractivity contribution in [2.24, 2.45) is 0 Å². The third kappa shape index (κ3) is 4.46. The van der Waals surface area contributed by atoms with Crippen LogP contribution in [-0.2, 0) is 11.3 Å². The molecule has 0 radical (unpaired) electrons. The van der Waals surface area contributed by atoms with Crippen LogP contribution in [-0.4, -0.2) is 23.0 Å². The molecule has 5 heteroatoms. The molecule has 3 aromatic rings. The van der Waals surface area contributed by atoms with Crippen LogP contribution in [0.3, 0.4) is 0 Å². The van der Waals surface area contributed by atoms with Crippen molar-refractivity contribution in [2.45, 2.75) is 13.5 Å². The van der Waals surface area contributed by atoms with E-state index in [2.05, 4.69) is 34.0 Å². The van der Waals surface area contributed by atoms with Gasteiger partial charge in [-0.3, -0.25) is 0 Å². The number of rotatable bonds is 7. The monoisotopic (exact) mass is 386 g/mol. The second-order valence-corrected chi connectivity index (χ2v) is 6.33. The maximum Gasteiger partial charge on any atom is 0.233 e. The van der Waals surface area contributed by atoms with Gasteiger partial charge in [0.2, 0.25) is 5.88 Å². The smallest absolute Gasteiger partial charge is 0.233 e. The largest absolute Gasteiger partial charge is 0.474 e. The van der Waals surface area contributed by atoms with Crippen molar-refractivity contribution in [3.05, 3.63) is 76.4 Å². The summed E-state index contributed by atoms with van der Waals surface area (Å²) in [5, 5.41) is 4.45. The van der Waals surface area contributed by atoms with Crippen molar-refractivity contribution in [1.29, 1.82) is 0 Å². The number of nitrogens with zero attached hydrogens (tertiary/aromatic N) is 2. The summed E-state index contributed by atoms with van der Waals surface area (Å²) in [5.41, 5.74) is 3.34. The molecule has 3 rings (SSSR count). The van der Waals surface area contributed by atoms with E-state index in [0.29, 0.717) is 25.7 Å². The molecule has 2 aromatic carbocycles. The first-order chi connectivity index (χ1) is 11.7. The van der Waals surface area contributed by atoms with Crippen LogP contribution in [0.15, 0.2) is 65.3 Å². The van der Waals surface area contributed by atoms with Gasteiger partial charge in [-0.15, -0.1) is 5.10 Å². The molecule has 0 aliphatic rings. The zero-order valence-electron chi connectivity index (χ0n) is 13.5. The molecule has 0 fully saturated rings. The number of benzene rings is 2. The van der Waals surface area contributed by atoms with Crippen molar-refractivity contribution >= 4 is 15.9 Å². The van der Waals surface area contributed by atoms with Crippen LogP contribution in [0.4, 0.5) is 0 Å². The zero-order valence-corrected chi connectivity index (χ0v) is 15.1. The standard InChI is InChI=1S/C19H19BrN2O2/c1-15-13-17(20)7-8-18(15)22-10-9-19(21-22)24-12-11-23-14-16-5-3-2-4-6-16/h2-10,13H,11-12,14H2,1H3. The molecule has 1 heterocycles. The topological polar surface area (TPSA) is 36.3 Å². The van der Waals surface area contributed by atoms with Gasteiger partial charge in [0.15, 0.2) is 0 Å². The maximum atomic E-state index is 5.64. The molecule has 0 amide bonds. The summed E-state index contributed by atoms with van der Waals surface area (Å²) in [6, 6.07) is 18.1. The van der Waals surface area contributed by atoms with Gasteiger partial charge >= 0.3 is 0 Å². The van der Waals surface area contributed by atoms with E-state index in [9.17, 15) is 0 Å². The molecule has 4 nitrogen and oxygen atoms in total. The highest BCUT2D eigenvalue weighted by Gasteiger charge is 2.05. The molecule has 24 heavy (non-hydrogen) atoms. The highest BCUT2D eigenvalue weighted by molar-refractivity contribution is 9.10. The van der Waals surface area contributed by atoms with Crippen molar-refractivity contribution in [3.63, 3.8) is 0 Å². The lowest BCUT2D eigenvalue weighted by atomic mass is 10.2. The van der Waals surface area contributed by atoms with E-state index >= 15 is 0 Å². The third-order valence-corrected chi connectivity index (χ3v) is 4.05. The Morgan fingerprint density at radius 2 is 1.88 bits per heavy atom. The minimum Gasteiger partial charge on any atom is -0.474 e. The number of halogens is 1. The molecule has 124 valence electrons. The van der Waals surface area contributed by atoms with Gasteiger partial charge in [0.1, 0.15) is 6.61 Å². The molecule has 0 saturated carbocycles.